The van der Waals surface area contributed by atoms with Crippen LogP contribution in [0.25, 0.3) is 0 Å². The normalized spacial score (nSPS) is 14.5. The Morgan fingerprint density at radius 1 is 1.10 bits per heavy atom. The Balaban J connectivity index is 1.71. The zero-order valence-corrected chi connectivity index (χ0v) is 16.9. The van der Waals surface area contributed by atoms with Crippen LogP contribution in [0.4, 0.5) is 11.4 Å². The first-order valence-corrected chi connectivity index (χ1v) is 10.6. The largest absolute Gasteiger partial charge is 0.497 e. The fourth-order valence-corrected chi connectivity index (χ4v) is 4.78. The number of ether oxygens (including phenoxy) is 2. The van der Waals surface area contributed by atoms with Crippen LogP contribution in [0.3, 0.4) is 0 Å². The lowest BCUT2D eigenvalue weighted by Gasteiger charge is -2.19. The summed E-state index contributed by atoms with van der Waals surface area (Å²) in [6.07, 6.45) is 1.57. The first-order valence-electron chi connectivity index (χ1n) is 9.21. The molecule has 0 spiro atoms. The van der Waals surface area contributed by atoms with E-state index in [4.69, 9.17) is 9.47 Å². The Kier molecular flexibility index (Phi) is 6.55. The first kappa shape index (κ1) is 20.9. The van der Waals surface area contributed by atoms with Gasteiger partial charge in [0.15, 0.2) is 0 Å². The van der Waals surface area contributed by atoms with Crippen LogP contribution in [0.15, 0.2) is 47.4 Å². The summed E-state index contributed by atoms with van der Waals surface area (Å²) in [6.45, 7) is 1.45. The molecule has 3 rings (SSSR count). The van der Waals surface area contributed by atoms with Crippen LogP contribution in [-0.4, -0.2) is 51.0 Å². The zero-order chi connectivity index (χ0) is 20.9. The average Bonchev–Trinajstić information content (AvgIpc) is 3.27. The third-order valence-electron chi connectivity index (χ3n) is 4.60. The minimum atomic E-state index is -3.81. The fraction of sp³-hybridized carbons (Fsp3) is 0.368. The number of sulfonamides is 1. The predicted octanol–water partition coefficient (Wildman–Crippen LogP) is 2.88. The van der Waals surface area contributed by atoms with Crippen LogP contribution < -0.4 is 14.8 Å². The van der Waals surface area contributed by atoms with Crippen LogP contribution in [0, 0.1) is 10.1 Å². The first-order chi connectivity index (χ1) is 13.9. The molecule has 1 fully saturated rings. The van der Waals surface area contributed by atoms with Crippen LogP contribution in [-0.2, 0) is 10.0 Å². The van der Waals surface area contributed by atoms with Gasteiger partial charge in [-0.05, 0) is 43.2 Å². The lowest BCUT2D eigenvalue weighted by atomic mass is 10.3. The van der Waals surface area contributed by atoms with Crippen LogP contribution >= 0.6 is 0 Å². The van der Waals surface area contributed by atoms with Gasteiger partial charge in [-0.3, -0.25) is 10.1 Å². The van der Waals surface area contributed by atoms with Gasteiger partial charge in [-0.2, -0.15) is 4.31 Å². The highest BCUT2D eigenvalue weighted by atomic mass is 32.2. The molecule has 9 nitrogen and oxygen atoms in total. The smallest absolute Gasteiger partial charge is 0.270 e. The monoisotopic (exact) mass is 421 g/mol. The quantitative estimate of drug-likeness (QED) is 0.376. The van der Waals surface area contributed by atoms with Gasteiger partial charge < -0.3 is 14.8 Å². The molecule has 29 heavy (non-hydrogen) atoms. The summed E-state index contributed by atoms with van der Waals surface area (Å²) >= 11 is 0. The van der Waals surface area contributed by atoms with Crippen molar-refractivity contribution in [2.75, 3.05) is 38.7 Å². The summed E-state index contributed by atoms with van der Waals surface area (Å²) < 4.78 is 38.0. The predicted molar refractivity (Wildman–Crippen MR) is 108 cm³/mol. The van der Waals surface area contributed by atoms with E-state index in [1.807, 2.05) is 0 Å². The van der Waals surface area contributed by atoms with Crippen molar-refractivity contribution in [1.82, 2.24) is 4.31 Å². The molecular weight excluding hydrogens is 398 g/mol. The van der Waals surface area contributed by atoms with E-state index in [0.717, 1.165) is 24.7 Å². The molecule has 156 valence electrons. The minimum absolute atomic E-state index is 0.0851. The van der Waals surface area contributed by atoms with Gasteiger partial charge in [0.05, 0.1) is 17.7 Å². The summed E-state index contributed by atoms with van der Waals surface area (Å²) in [5.74, 6) is 1.37. The van der Waals surface area contributed by atoms with Crippen molar-refractivity contribution in [3.8, 4) is 11.5 Å². The van der Waals surface area contributed by atoms with Crippen molar-refractivity contribution in [2.24, 2.45) is 0 Å². The molecule has 1 heterocycles. The number of hydrogen-bond donors (Lipinski definition) is 1. The molecule has 1 N–H and O–H groups in total. The van der Waals surface area contributed by atoms with E-state index in [9.17, 15) is 18.5 Å². The Labute approximate surface area is 169 Å². The van der Waals surface area contributed by atoms with Crippen LogP contribution in [0.5, 0.6) is 11.5 Å². The Bertz CT molecular complexity index is 956. The Morgan fingerprint density at radius 2 is 1.76 bits per heavy atom. The molecule has 1 saturated heterocycles. The lowest BCUT2D eigenvalue weighted by molar-refractivity contribution is -0.385. The number of nitrogens with one attached hydrogen (secondary N) is 1. The van der Waals surface area contributed by atoms with Gasteiger partial charge in [-0.15, -0.1) is 0 Å². The molecular formula is C19H23N3O6S. The lowest BCUT2D eigenvalue weighted by Crippen LogP contribution is -2.29. The maximum atomic E-state index is 13.0. The summed E-state index contributed by atoms with van der Waals surface area (Å²) in [6, 6.07) is 10.9. The molecule has 0 saturated carbocycles. The summed E-state index contributed by atoms with van der Waals surface area (Å²) in [5.41, 5.74) is 0.0589. The molecule has 0 aromatic heterocycles. The second-order valence-corrected chi connectivity index (χ2v) is 8.41. The second kappa shape index (κ2) is 9.10. The van der Waals surface area contributed by atoms with Crippen molar-refractivity contribution in [3.63, 3.8) is 0 Å². The number of non-ortho nitro benzene ring substituents is 1. The summed E-state index contributed by atoms with van der Waals surface area (Å²) in [4.78, 5) is 10.4. The van der Waals surface area contributed by atoms with Crippen LogP contribution in [0.1, 0.15) is 12.8 Å². The third kappa shape index (κ3) is 4.96. The number of anilines is 1. The molecule has 0 radical (unpaired) electrons. The van der Waals surface area contributed by atoms with Crippen molar-refractivity contribution < 1.29 is 22.8 Å². The average molecular weight is 421 g/mol. The maximum absolute atomic E-state index is 13.0. The van der Waals surface area contributed by atoms with E-state index in [0.29, 0.717) is 31.1 Å². The summed E-state index contributed by atoms with van der Waals surface area (Å²) in [7, 11) is -2.23. The van der Waals surface area contributed by atoms with Gasteiger partial charge in [0, 0.05) is 31.8 Å². The number of nitro benzene ring substituents is 1. The van der Waals surface area contributed by atoms with Crippen LogP contribution in [0.2, 0.25) is 0 Å². The van der Waals surface area contributed by atoms with Crippen molar-refractivity contribution >= 4 is 21.4 Å². The summed E-state index contributed by atoms with van der Waals surface area (Å²) in [5, 5.41) is 14.1. The number of nitrogens with zero attached hydrogens (tertiary/aromatic N) is 2. The van der Waals surface area contributed by atoms with Crippen molar-refractivity contribution in [2.45, 2.75) is 17.7 Å². The number of rotatable bonds is 9. The number of benzene rings is 2. The molecule has 1 aliphatic rings. The molecule has 1 aliphatic heterocycles. The fourth-order valence-electron chi connectivity index (χ4n) is 3.08. The van der Waals surface area contributed by atoms with E-state index in [1.165, 1.54) is 16.4 Å². The van der Waals surface area contributed by atoms with Gasteiger partial charge >= 0.3 is 0 Å². The van der Waals surface area contributed by atoms with E-state index in [-0.39, 0.29) is 17.2 Å². The Morgan fingerprint density at radius 3 is 2.38 bits per heavy atom. The molecule has 2 aromatic rings. The van der Waals surface area contributed by atoms with Crippen molar-refractivity contribution in [3.05, 3.63) is 52.6 Å². The molecule has 2 aromatic carbocycles. The van der Waals surface area contributed by atoms with E-state index in [2.05, 4.69) is 5.32 Å². The van der Waals surface area contributed by atoms with Gasteiger partial charge in [-0.25, -0.2) is 8.42 Å². The highest BCUT2D eigenvalue weighted by Gasteiger charge is 2.30. The van der Waals surface area contributed by atoms with Gasteiger partial charge in [0.25, 0.3) is 5.69 Å². The topological polar surface area (TPSA) is 111 Å². The SMILES string of the molecule is COc1ccc(OCCNc2ccc([N+](=O)[O-])cc2S(=O)(=O)N2CCCC2)cc1. The molecule has 0 amide bonds. The van der Waals surface area contributed by atoms with Gasteiger partial charge in [0.2, 0.25) is 10.0 Å². The molecule has 0 atom stereocenters. The van der Waals surface area contributed by atoms with Gasteiger partial charge in [0.1, 0.15) is 23.0 Å². The van der Waals surface area contributed by atoms with Crippen molar-refractivity contribution in [1.29, 1.82) is 0 Å². The number of methoxy groups -OCH3 is 1. The van der Waals surface area contributed by atoms with Gasteiger partial charge in [-0.1, -0.05) is 0 Å². The molecule has 10 heteroatoms. The standard InChI is InChI=1S/C19H23N3O6S/c1-27-16-5-7-17(8-6-16)28-13-10-20-18-9-4-15(22(23)24)14-19(18)29(25,26)21-11-2-3-12-21/h4-9,14,20H,2-3,10-13H2,1H3. The number of nitro groups is 1. The highest BCUT2D eigenvalue weighted by Crippen LogP contribution is 2.30. The number of hydrogen-bond acceptors (Lipinski definition) is 7. The zero-order valence-electron chi connectivity index (χ0n) is 16.0. The van der Waals surface area contributed by atoms with E-state index in [1.54, 1.807) is 31.4 Å². The minimum Gasteiger partial charge on any atom is -0.497 e. The maximum Gasteiger partial charge on any atom is 0.270 e. The Hall–Kier alpha value is -2.85. The third-order valence-corrected chi connectivity index (χ3v) is 6.54. The molecule has 0 bridgehead atoms. The van der Waals surface area contributed by atoms with E-state index >= 15 is 0 Å². The second-order valence-electron chi connectivity index (χ2n) is 6.50. The molecule has 0 unspecified atom stereocenters. The highest BCUT2D eigenvalue weighted by molar-refractivity contribution is 7.89. The molecule has 0 aliphatic carbocycles. The van der Waals surface area contributed by atoms with E-state index < -0.39 is 14.9 Å².